The molecule has 1 N–H and O–H groups in total. The maximum absolute atomic E-state index is 10.7. The fraction of sp³-hybridized carbons (Fsp3) is 0.583. The van der Waals surface area contributed by atoms with Gasteiger partial charge in [0.05, 0.1) is 17.4 Å². The van der Waals surface area contributed by atoms with E-state index in [2.05, 4.69) is 57.5 Å². The van der Waals surface area contributed by atoms with Gasteiger partial charge in [0.25, 0.3) is 0 Å². The minimum atomic E-state index is -0.786. The van der Waals surface area contributed by atoms with Crippen molar-refractivity contribution in [1.82, 2.24) is 4.90 Å². The second kappa shape index (κ2) is 6.21. The highest BCUT2D eigenvalue weighted by atomic mass is 79.9. The molecule has 1 rings (SSSR count). The second-order valence-corrected chi connectivity index (χ2v) is 6.65. The van der Waals surface area contributed by atoms with Crippen LogP contribution in [-0.4, -0.2) is 28.1 Å². The van der Waals surface area contributed by atoms with E-state index >= 15 is 0 Å². The van der Waals surface area contributed by atoms with E-state index < -0.39 is 5.97 Å². The van der Waals surface area contributed by atoms with E-state index in [1.54, 1.807) is 0 Å². The van der Waals surface area contributed by atoms with Crippen molar-refractivity contribution in [3.8, 4) is 0 Å². The molecule has 0 aliphatic heterocycles. The molecule has 0 aromatic carbocycles. The Labute approximate surface area is 124 Å². The molecule has 0 saturated carbocycles. The molecular formula is C12H17Br2NO3. The Hall–Kier alpha value is -0.330. The molecule has 0 atom stereocenters. The van der Waals surface area contributed by atoms with E-state index in [4.69, 9.17) is 9.52 Å². The molecule has 4 nitrogen and oxygen atoms in total. The number of hydrogen-bond acceptors (Lipinski definition) is 3. The van der Waals surface area contributed by atoms with Crippen molar-refractivity contribution in [2.45, 2.75) is 39.3 Å². The molecule has 0 radical (unpaired) electrons. The maximum atomic E-state index is 10.7. The number of hydrogen-bond donors (Lipinski definition) is 1. The average molecular weight is 383 g/mol. The molecular weight excluding hydrogens is 366 g/mol. The van der Waals surface area contributed by atoms with Crippen molar-refractivity contribution in [3.63, 3.8) is 0 Å². The SMILES string of the molecule is CC(C)(C)N(CCC(=O)O)Cc1cc(Br)c(Br)o1. The molecule has 0 saturated heterocycles. The number of furan rings is 1. The van der Waals surface area contributed by atoms with Crippen molar-refractivity contribution in [2.24, 2.45) is 0 Å². The fourth-order valence-electron chi connectivity index (χ4n) is 1.54. The van der Waals surface area contributed by atoms with Crippen LogP contribution in [0.2, 0.25) is 0 Å². The summed E-state index contributed by atoms with van der Waals surface area (Å²) in [5.74, 6) is 0.0140. The number of nitrogens with zero attached hydrogens (tertiary/aromatic N) is 1. The summed E-state index contributed by atoms with van der Waals surface area (Å²) in [7, 11) is 0. The normalized spacial score (nSPS) is 12.1. The van der Waals surface area contributed by atoms with Crippen molar-refractivity contribution >= 4 is 37.8 Å². The van der Waals surface area contributed by atoms with Gasteiger partial charge in [-0.3, -0.25) is 9.69 Å². The van der Waals surface area contributed by atoms with Crippen LogP contribution in [0.4, 0.5) is 0 Å². The minimum Gasteiger partial charge on any atom is -0.481 e. The molecule has 0 fully saturated rings. The predicted molar refractivity (Wildman–Crippen MR) is 76.5 cm³/mol. The number of carboxylic acids is 1. The lowest BCUT2D eigenvalue weighted by molar-refractivity contribution is -0.137. The molecule has 0 amide bonds. The van der Waals surface area contributed by atoms with Crippen LogP contribution in [0, 0.1) is 0 Å². The summed E-state index contributed by atoms with van der Waals surface area (Å²) >= 11 is 6.66. The lowest BCUT2D eigenvalue weighted by Crippen LogP contribution is -2.41. The van der Waals surface area contributed by atoms with Crippen molar-refractivity contribution in [3.05, 3.63) is 21.0 Å². The molecule has 1 aromatic heterocycles. The van der Waals surface area contributed by atoms with Gasteiger partial charge in [-0.1, -0.05) is 0 Å². The average Bonchev–Trinajstić information content (AvgIpc) is 2.51. The first-order valence-electron chi connectivity index (χ1n) is 5.60. The van der Waals surface area contributed by atoms with Crippen LogP contribution in [0.3, 0.4) is 0 Å². The Balaban J connectivity index is 2.75. The number of aliphatic carboxylic acids is 1. The molecule has 0 spiro atoms. The Morgan fingerprint density at radius 2 is 2.06 bits per heavy atom. The van der Waals surface area contributed by atoms with Gasteiger partial charge in [0.2, 0.25) is 0 Å². The van der Waals surface area contributed by atoms with Crippen LogP contribution in [0.1, 0.15) is 33.0 Å². The van der Waals surface area contributed by atoms with E-state index in [-0.39, 0.29) is 12.0 Å². The molecule has 1 heterocycles. The monoisotopic (exact) mass is 381 g/mol. The second-order valence-electron chi connectivity index (χ2n) is 5.07. The topological polar surface area (TPSA) is 53.7 Å². The van der Waals surface area contributed by atoms with Crippen LogP contribution in [0.15, 0.2) is 19.6 Å². The van der Waals surface area contributed by atoms with Gasteiger partial charge in [0.15, 0.2) is 4.67 Å². The highest BCUT2D eigenvalue weighted by molar-refractivity contribution is 9.13. The van der Waals surface area contributed by atoms with E-state index in [1.807, 2.05) is 6.07 Å². The maximum Gasteiger partial charge on any atom is 0.304 e. The lowest BCUT2D eigenvalue weighted by atomic mass is 10.1. The van der Waals surface area contributed by atoms with Gasteiger partial charge in [0.1, 0.15) is 5.76 Å². The first-order valence-corrected chi connectivity index (χ1v) is 7.19. The van der Waals surface area contributed by atoms with Gasteiger partial charge in [-0.2, -0.15) is 0 Å². The largest absolute Gasteiger partial charge is 0.481 e. The molecule has 6 heteroatoms. The molecule has 0 aliphatic rings. The highest BCUT2D eigenvalue weighted by Crippen LogP contribution is 2.28. The van der Waals surface area contributed by atoms with Crippen molar-refractivity contribution in [1.29, 1.82) is 0 Å². The Morgan fingerprint density at radius 3 is 2.44 bits per heavy atom. The van der Waals surface area contributed by atoms with Gasteiger partial charge in [-0.15, -0.1) is 0 Å². The molecule has 0 unspecified atom stereocenters. The van der Waals surface area contributed by atoms with Crippen LogP contribution < -0.4 is 0 Å². The summed E-state index contributed by atoms with van der Waals surface area (Å²) in [6.07, 6.45) is 0.125. The summed E-state index contributed by atoms with van der Waals surface area (Å²) in [5.41, 5.74) is -0.110. The summed E-state index contributed by atoms with van der Waals surface area (Å²) in [6, 6.07) is 1.89. The summed E-state index contributed by atoms with van der Waals surface area (Å²) < 4.78 is 7.05. The lowest BCUT2D eigenvalue weighted by Gasteiger charge is -2.34. The molecule has 18 heavy (non-hydrogen) atoms. The van der Waals surface area contributed by atoms with Crippen LogP contribution in [0.25, 0.3) is 0 Å². The van der Waals surface area contributed by atoms with Crippen LogP contribution >= 0.6 is 31.9 Å². The first-order chi connectivity index (χ1) is 8.20. The van der Waals surface area contributed by atoms with Gasteiger partial charge >= 0.3 is 5.97 Å². The van der Waals surface area contributed by atoms with Crippen molar-refractivity contribution < 1.29 is 14.3 Å². The van der Waals surface area contributed by atoms with Crippen LogP contribution in [-0.2, 0) is 11.3 Å². The molecule has 1 aromatic rings. The van der Waals surface area contributed by atoms with Crippen molar-refractivity contribution in [2.75, 3.05) is 6.54 Å². The predicted octanol–water partition coefficient (Wildman–Crippen LogP) is 3.88. The van der Waals surface area contributed by atoms with Gasteiger partial charge in [-0.25, -0.2) is 0 Å². The Bertz CT molecular complexity index is 404. The van der Waals surface area contributed by atoms with Gasteiger partial charge in [0, 0.05) is 12.1 Å². The number of carbonyl (C=O) groups is 1. The summed E-state index contributed by atoms with van der Waals surface area (Å²) in [4.78, 5) is 12.8. The quantitative estimate of drug-likeness (QED) is 0.839. The third-order valence-electron chi connectivity index (χ3n) is 2.59. The summed E-state index contributed by atoms with van der Waals surface area (Å²) in [5, 5.41) is 8.78. The zero-order chi connectivity index (χ0) is 13.9. The van der Waals surface area contributed by atoms with Gasteiger partial charge in [-0.05, 0) is 58.7 Å². The number of halogens is 2. The minimum absolute atomic E-state index is 0.110. The van der Waals surface area contributed by atoms with Crippen LogP contribution in [0.5, 0.6) is 0 Å². The molecule has 0 aliphatic carbocycles. The third-order valence-corrected chi connectivity index (χ3v) is 4.30. The van der Waals surface area contributed by atoms with E-state index in [9.17, 15) is 4.79 Å². The summed E-state index contributed by atoms with van der Waals surface area (Å²) in [6.45, 7) is 7.25. The van der Waals surface area contributed by atoms with Gasteiger partial charge < -0.3 is 9.52 Å². The van der Waals surface area contributed by atoms with E-state index in [0.717, 1.165) is 10.2 Å². The Kier molecular flexibility index (Phi) is 5.43. The highest BCUT2D eigenvalue weighted by Gasteiger charge is 2.23. The number of rotatable bonds is 5. The van der Waals surface area contributed by atoms with E-state index in [1.165, 1.54) is 0 Å². The van der Waals surface area contributed by atoms with E-state index in [0.29, 0.717) is 17.8 Å². The standard InChI is InChI=1S/C12H17Br2NO3/c1-12(2,3)15(5-4-10(16)17)7-8-6-9(13)11(14)18-8/h6H,4-5,7H2,1-3H3,(H,16,17). The number of carboxylic acid groups (broad SMARTS) is 1. The third kappa shape index (κ3) is 4.74. The zero-order valence-corrected chi connectivity index (χ0v) is 13.8. The molecule has 102 valence electrons. The fourth-order valence-corrected chi connectivity index (χ4v) is 2.20. The zero-order valence-electron chi connectivity index (χ0n) is 10.7. The first kappa shape index (κ1) is 15.7. The molecule has 0 bridgehead atoms. The Morgan fingerprint density at radius 1 is 1.44 bits per heavy atom. The smallest absolute Gasteiger partial charge is 0.304 e.